The molecule has 1 aliphatic heterocycles. The highest BCUT2D eigenvalue weighted by molar-refractivity contribution is 14.1. The number of nitrogen functional groups attached to an aromatic ring is 1. The van der Waals surface area contributed by atoms with Crippen LogP contribution in [0.4, 0.5) is 11.8 Å². The second kappa shape index (κ2) is 5.34. The number of piperazine rings is 1. The summed E-state index contributed by atoms with van der Waals surface area (Å²) in [6, 6.07) is 0. The Hall–Kier alpha value is -0.630. The van der Waals surface area contributed by atoms with Crippen LogP contribution in [0.5, 0.6) is 0 Å². The predicted octanol–water partition coefficient (Wildman–Crippen LogP) is 0.978. The Morgan fingerprint density at radius 3 is 2.47 bits per heavy atom. The normalized spacial score (nSPS) is 17.5. The Morgan fingerprint density at radius 2 is 1.88 bits per heavy atom. The van der Waals surface area contributed by atoms with E-state index in [9.17, 15) is 0 Å². The van der Waals surface area contributed by atoms with E-state index < -0.39 is 0 Å². The largest absolute Gasteiger partial charge is 0.383 e. The molecule has 1 saturated heterocycles. The highest BCUT2D eigenvalue weighted by atomic mass is 127. The molecule has 2 rings (SSSR count). The van der Waals surface area contributed by atoms with Gasteiger partial charge in [-0.15, -0.1) is 0 Å². The Balaban J connectivity index is 2.24. The van der Waals surface area contributed by atoms with Gasteiger partial charge in [0.1, 0.15) is 5.82 Å². The molecule has 0 unspecified atom stereocenters. The van der Waals surface area contributed by atoms with Gasteiger partial charge in [0.25, 0.3) is 0 Å². The average Bonchev–Trinajstić information content (AvgIpc) is 2.33. The first-order chi connectivity index (χ1) is 8.11. The van der Waals surface area contributed by atoms with Crippen molar-refractivity contribution in [2.45, 2.75) is 13.3 Å². The molecular formula is C11H18IN5. The van der Waals surface area contributed by atoms with Crippen LogP contribution in [0, 0.1) is 3.57 Å². The maximum Gasteiger partial charge on any atom is 0.227 e. The van der Waals surface area contributed by atoms with E-state index >= 15 is 0 Å². The summed E-state index contributed by atoms with van der Waals surface area (Å²) < 4.78 is 0.989. The lowest BCUT2D eigenvalue weighted by atomic mass is 10.3. The quantitative estimate of drug-likeness (QED) is 0.809. The summed E-state index contributed by atoms with van der Waals surface area (Å²) in [5.74, 6) is 1.39. The van der Waals surface area contributed by atoms with Crippen molar-refractivity contribution in [3.63, 3.8) is 0 Å². The van der Waals surface area contributed by atoms with Crippen LogP contribution in [-0.4, -0.2) is 48.1 Å². The molecule has 0 radical (unpaired) electrons. The molecule has 1 aromatic rings. The van der Waals surface area contributed by atoms with Crippen LogP contribution in [0.15, 0.2) is 0 Å². The standard InChI is InChI=1S/C11H18IN5/c1-3-8-9(12)10(13)15-11(14-8)17-6-4-16(2)5-7-17/h3-7H2,1-2H3,(H2,13,14,15). The molecule has 1 aromatic heterocycles. The van der Waals surface area contributed by atoms with Crippen molar-refractivity contribution < 1.29 is 0 Å². The van der Waals surface area contributed by atoms with Gasteiger partial charge in [0.15, 0.2) is 0 Å². The zero-order valence-corrected chi connectivity index (χ0v) is 12.4. The summed E-state index contributed by atoms with van der Waals surface area (Å²) in [5, 5.41) is 0. The summed E-state index contributed by atoms with van der Waals surface area (Å²) in [6.07, 6.45) is 0.895. The number of nitrogens with zero attached hydrogens (tertiary/aromatic N) is 4. The van der Waals surface area contributed by atoms with Crippen LogP contribution in [-0.2, 0) is 6.42 Å². The third kappa shape index (κ3) is 2.79. The van der Waals surface area contributed by atoms with Gasteiger partial charge in [0, 0.05) is 26.2 Å². The van der Waals surface area contributed by atoms with E-state index in [1.165, 1.54) is 0 Å². The Labute approximate surface area is 116 Å². The minimum absolute atomic E-state index is 0.603. The van der Waals surface area contributed by atoms with Crippen LogP contribution >= 0.6 is 22.6 Å². The first kappa shape index (κ1) is 12.8. The number of aryl methyl sites for hydroxylation is 1. The molecule has 1 aliphatic rings. The number of aromatic nitrogens is 2. The van der Waals surface area contributed by atoms with Crippen LogP contribution < -0.4 is 10.6 Å². The lowest BCUT2D eigenvalue weighted by Crippen LogP contribution is -2.45. The highest BCUT2D eigenvalue weighted by Crippen LogP contribution is 2.21. The van der Waals surface area contributed by atoms with E-state index in [1.54, 1.807) is 0 Å². The third-order valence-electron chi connectivity index (χ3n) is 3.05. The van der Waals surface area contributed by atoms with Crippen molar-refractivity contribution >= 4 is 34.4 Å². The first-order valence-electron chi connectivity index (χ1n) is 5.87. The smallest absolute Gasteiger partial charge is 0.227 e. The molecule has 0 atom stereocenters. The first-order valence-corrected chi connectivity index (χ1v) is 6.95. The van der Waals surface area contributed by atoms with E-state index in [2.05, 4.69) is 56.3 Å². The topological polar surface area (TPSA) is 58.3 Å². The molecule has 0 bridgehead atoms. The molecule has 94 valence electrons. The van der Waals surface area contributed by atoms with Crippen LogP contribution in [0.3, 0.4) is 0 Å². The molecule has 17 heavy (non-hydrogen) atoms. The maximum absolute atomic E-state index is 5.94. The summed E-state index contributed by atoms with van der Waals surface area (Å²) in [6.45, 7) is 6.14. The molecular weight excluding hydrogens is 329 g/mol. The van der Waals surface area contributed by atoms with Crippen molar-refractivity contribution in [2.24, 2.45) is 0 Å². The van der Waals surface area contributed by atoms with Crippen LogP contribution in [0.1, 0.15) is 12.6 Å². The van der Waals surface area contributed by atoms with E-state index in [0.29, 0.717) is 5.82 Å². The highest BCUT2D eigenvalue weighted by Gasteiger charge is 2.18. The fourth-order valence-corrected chi connectivity index (χ4v) is 2.50. The molecule has 0 amide bonds. The molecule has 0 spiro atoms. The van der Waals surface area contributed by atoms with Crippen molar-refractivity contribution in [2.75, 3.05) is 43.9 Å². The van der Waals surface area contributed by atoms with E-state index in [1.807, 2.05) is 0 Å². The molecule has 0 saturated carbocycles. The fraction of sp³-hybridized carbons (Fsp3) is 0.636. The zero-order chi connectivity index (χ0) is 12.4. The lowest BCUT2D eigenvalue weighted by molar-refractivity contribution is 0.311. The number of halogens is 1. The summed E-state index contributed by atoms with van der Waals surface area (Å²) in [7, 11) is 2.14. The average molecular weight is 347 g/mol. The monoisotopic (exact) mass is 347 g/mol. The van der Waals surface area contributed by atoms with Gasteiger partial charge in [-0.2, -0.15) is 4.98 Å². The van der Waals surface area contributed by atoms with Gasteiger partial charge >= 0.3 is 0 Å². The molecule has 6 heteroatoms. The molecule has 2 heterocycles. The van der Waals surface area contributed by atoms with Gasteiger partial charge in [0.2, 0.25) is 5.95 Å². The van der Waals surface area contributed by atoms with E-state index in [-0.39, 0.29) is 0 Å². The van der Waals surface area contributed by atoms with Gasteiger partial charge in [0.05, 0.1) is 9.26 Å². The molecule has 0 aromatic carbocycles. The van der Waals surface area contributed by atoms with Crippen molar-refractivity contribution in [3.8, 4) is 0 Å². The Bertz CT molecular complexity index is 401. The third-order valence-corrected chi connectivity index (χ3v) is 4.23. The number of anilines is 2. The van der Waals surface area contributed by atoms with Gasteiger partial charge < -0.3 is 15.5 Å². The van der Waals surface area contributed by atoms with Crippen molar-refractivity contribution in [1.82, 2.24) is 14.9 Å². The number of hydrogen-bond donors (Lipinski definition) is 1. The molecule has 2 N–H and O–H groups in total. The second-order valence-corrected chi connectivity index (χ2v) is 5.39. The predicted molar refractivity (Wildman–Crippen MR) is 78.2 cm³/mol. The van der Waals surface area contributed by atoms with E-state index in [0.717, 1.165) is 47.8 Å². The summed E-state index contributed by atoms with van der Waals surface area (Å²) >= 11 is 2.22. The molecule has 5 nitrogen and oxygen atoms in total. The van der Waals surface area contributed by atoms with Gasteiger partial charge in [-0.3, -0.25) is 0 Å². The minimum atomic E-state index is 0.603. The Morgan fingerprint density at radius 1 is 1.24 bits per heavy atom. The molecule has 1 fully saturated rings. The van der Waals surface area contributed by atoms with E-state index in [4.69, 9.17) is 5.73 Å². The number of nitrogens with two attached hydrogens (primary N) is 1. The van der Waals surface area contributed by atoms with Crippen molar-refractivity contribution in [3.05, 3.63) is 9.26 Å². The number of likely N-dealkylation sites (N-methyl/N-ethyl adjacent to an activating group) is 1. The maximum atomic E-state index is 5.94. The van der Waals surface area contributed by atoms with Crippen LogP contribution in [0.25, 0.3) is 0 Å². The summed E-state index contributed by atoms with van der Waals surface area (Å²) in [4.78, 5) is 13.5. The van der Waals surface area contributed by atoms with Crippen LogP contribution in [0.2, 0.25) is 0 Å². The number of rotatable bonds is 2. The lowest BCUT2D eigenvalue weighted by Gasteiger charge is -2.32. The number of hydrogen-bond acceptors (Lipinski definition) is 5. The minimum Gasteiger partial charge on any atom is -0.383 e. The SMILES string of the molecule is CCc1nc(N2CCN(C)CC2)nc(N)c1I. The zero-order valence-electron chi connectivity index (χ0n) is 10.3. The fourth-order valence-electron chi connectivity index (χ4n) is 1.88. The van der Waals surface area contributed by atoms with Crippen molar-refractivity contribution in [1.29, 1.82) is 0 Å². The Kier molecular flexibility index (Phi) is 4.03. The molecule has 0 aliphatic carbocycles. The summed E-state index contributed by atoms with van der Waals surface area (Å²) in [5.41, 5.74) is 6.98. The second-order valence-electron chi connectivity index (χ2n) is 4.31. The van der Waals surface area contributed by atoms with Gasteiger partial charge in [-0.25, -0.2) is 4.98 Å². The van der Waals surface area contributed by atoms with Gasteiger partial charge in [-0.1, -0.05) is 6.92 Å². The van der Waals surface area contributed by atoms with Gasteiger partial charge in [-0.05, 0) is 36.1 Å².